The molecule has 0 atom stereocenters. The summed E-state index contributed by atoms with van der Waals surface area (Å²) < 4.78 is 5.20. The highest BCUT2D eigenvalue weighted by Crippen LogP contribution is 2.25. The Labute approximate surface area is 164 Å². The van der Waals surface area contributed by atoms with Crippen LogP contribution in [0.4, 0.5) is 15.6 Å². The number of methoxy groups -OCH3 is 1. The number of urea groups is 1. The minimum Gasteiger partial charge on any atom is -0.495 e. The predicted molar refractivity (Wildman–Crippen MR) is 108 cm³/mol. The highest BCUT2D eigenvalue weighted by molar-refractivity contribution is 7.17. The molecule has 1 aromatic carbocycles. The van der Waals surface area contributed by atoms with Crippen LogP contribution in [0.5, 0.6) is 5.75 Å². The highest BCUT2D eigenvalue weighted by atomic mass is 32.1. The molecule has 3 amide bonds. The number of hydrogen-bond acceptors (Lipinski definition) is 6. The Hall–Kier alpha value is -2.91. The van der Waals surface area contributed by atoms with Crippen LogP contribution in [0.15, 0.2) is 41.8 Å². The first-order valence-electron chi connectivity index (χ1n) is 8.06. The van der Waals surface area contributed by atoms with Crippen LogP contribution in [0, 0.1) is 6.92 Å². The number of nitrogens with zero attached hydrogens (tertiary/aromatic N) is 1. The number of para-hydroxylation sites is 2. The number of aromatic nitrogens is 1. The predicted octanol–water partition coefficient (Wildman–Crippen LogP) is 4.10. The molecule has 27 heavy (non-hydrogen) atoms. The highest BCUT2D eigenvalue weighted by Gasteiger charge is 2.17. The maximum absolute atomic E-state index is 12.4. The second-order valence-corrected chi connectivity index (χ2v) is 7.51. The van der Waals surface area contributed by atoms with Crippen molar-refractivity contribution in [2.45, 2.75) is 13.5 Å². The number of carbonyl (C=O) groups is 2. The average molecular weight is 403 g/mol. The molecule has 2 aromatic heterocycles. The van der Waals surface area contributed by atoms with E-state index in [4.69, 9.17) is 4.74 Å². The summed E-state index contributed by atoms with van der Waals surface area (Å²) in [6.07, 6.45) is 0. The van der Waals surface area contributed by atoms with Crippen molar-refractivity contribution in [3.8, 4) is 5.75 Å². The standard InChI is InChI=1S/C18H18N4O3S2/c1-11-15(16(23)19-10-12-6-5-9-26-12)27-18(20-11)22-17(24)21-13-7-3-4-8-14(13)25-2/h3-9H,10H2,1-2H3,(H,19,23)(H2,20,21,22,24). The SMILES string of the molecule is COc1ccccc1NC(=O)Nc1nc(C)c(C(=O)NCc2cccs2)s1. The third-order valence-corrected chi connectivity index (χ3v) is 5.53. The first-order chi connectivity index (χ1) is 13.1. The summed E-state index contributed by atoms with van der Waals surface area (Å²) in [5, 5.41) is 10.5. The molecule has 0 saturated heterocycles. The van der Waals surface area contributed by atoms with Crippen molar-refractivity contribution in [1.82, 2.24) is 10.3 Å². The van der Waals surface area contributed by atoms with Gasteiger partial charge in [-0.25, -0.2) is 9.78 Å². The molecule has 140 valence electrons. The molecule has 3 rings (SSSR count). The molecule has 0 fully saturated rings. The summed E-state index contributed by atoms with van der Waals surface area (Å²) in [5.41, 5.74) is 1.11. The molecule has 0 aliphatic heterocycles. The van der Waals surface area contributed by atoms with Gasteiger partial charge >= 0.3 is 6.03 Å². The number of nitrogens with one attached hydrogen (secondary N) is 3. The van der Waals surface area contributed by atoms with Crippen molar-refractivity contribution in [2.75, 3.05) is 17.7 Å². The lowest BCUT2D eigenvalue weighted by Crippen LogP contribution is -2.22. The van der Waals surface area contributed by atoms with Crippen LogP contribution < -0.4 is 20.7 Å². The molecule has 2 heterocycles. The van der Waals surface area contributed by atoms with E-state index in [0.717, 1.165) is 16.2 Å². The molecule has 3 N–H and O–H groups in total. The van der Waals surface area contributed by atoms with Crippen LogP contribution in [0.3, 0.4) is 0 Å². The van der Waals surface area contributed by atoms with Crippen molar-refractivity contribution < 1.29 is 14.3 Å². The molecular formula is C18H18N4O3S2. The average Bonchev–Trinajstić information content (AvgIpc) is 3.29. The Kier molecular flexibility index (Phi) is 6.05. The lowest BCUT2D eigenvalue weighted by Gasteiger charge is -2.09. The molecule has 0 bridgehead atoms. The molecular weight excluding hydrogens is 384 g/mol. The summed E-state index contributed by atoms with van der Waals surface area (Å²) in [5.74, 6) is 0.341. The number of rotatable bonds is 6. The van der Waals surface area contributed by atoms with E-state index in [9.17, 15) is 9.59 Å². The van der Waals surface area contributed by atoms with Gasteiger partial charge in [0.25, 0.3) is 5.91 Å². The van der Waals surface area contributed by atoms with E-state index >= 15 is 0 Å². The van der Waals surface area contributed by atoms with Gasteiger partial charge in [0.1, 0.15) is 10.6 Å². The second-order valence-electron chi connectivity index (χ2n) is 5.48. The van der Waals surface area contributed by atoms with Crippen LogP contribution in [0.2, 0.25) is 0 Å². The largest absolute Gasteiger partial charge is 0.495 e. The van der Waals surface area contributed by atoms with Crippen molar-refractivity contribution in [3.05, 3.63) is 57.2 Å². The van der Waals surface area contributed by atoms with Gasteiger partial charge in [-0.15, -0.1) is 11.3 Å². The minimum absolute atomic E-state index is 0.211. The third kappa shape index (κ3) is 4.83. The Morgan fingerprint density at radius 3 is 2.70 bits per heavy atom. The van der Waals surface area contributed by atoms with Gasteiger partial charge in [0.05, 0.1) is 25.0 Å². The maximum Gasteiger partial charge on any atom is 0.325 e. The van der Waals surface area contributed by atoms with E-state index in [1.807, 2.05) is 23.6 Å². The van der Waals surface area contributed by atoms with Gasteiger partial charge in [-0.05, 0) is 30.5 Å². The molecule has 0 aliphatic carbocycles. The number of benzene rings is 1. The number of hydrogen-bond donors (Lipinski definition) is 3. The lowest BCUT2D eigenvalue weighted by atomic mass is 10.3. The zero-order valence-corrected chi connectivity index (χ0v) is 16.4. The molecule has 0 radical (unpaired) electrons. The van der Waals surface area contributed by atoms with E-state index in [2.05, 4.69) is 20.9 Å². The van der Waals surface area contributed by atoms with Crippen LogP contribution in [-0.4, -0.2) is 24.0 Å². The molecule has 0 aliphatic rings. The van der Waals surface area contributed by atoms with Crippen LogP contribution in [-0.2, 0) is 6.54 Å². The van der Waals surface area contributed by atoms with E-state index in [1.165, 1.54) is 7.11 Å². The number of anilines is 2. The smallest absolute Gasteiger partial charge is 0.325 e. The maximum atomic E-state index is 12.4. The van der Waals surface area contributed by atoms with Crippen molar-refractivity contribution in [1.29, 1.82) is 0 Å². The lowest BCUT2D eigenvalue weighted by molar-refractivity contribution is 0.0954. The number of amides is 3. The zero-order valence-electron chi connectivity index (χ0n) is 14.7. The Morgan fingerprint density at radius 2 is 1.96 bits per heavy atom. The molecule has 3 aromatic rings. The fraction of sp³-hybridized carbons (Fsp3) is 0.167. The number of aryl methyl sites for hydroxylation is 1. The first-order valence-corrected chi connectivity index (χ1v) is 9.75. The number of thiophene rings is 1. The fourth-order valence-electron chi connectivity index (χ4n) is 2.32. The van der Waals surface area contributed by atoms with Crippen molar-refractivity contribution in [3.63, 3.8) is 0 Å². The van der Waals surface area contributed by atoms with Crippen molar-refractivity contribution in [2.24, 2.45) is 0 Å². The molecule has 0 unspecified atom stereocenters. The molecule has 0 spiro atoms. The molecule has 0 saturated carbocycles. The van der Waals surface area contributed by atoms with Crippen LogP contribution in [0.1, 0.15) is 20.2 Å². The molecule has 9 heteroatoms. The second kappa shape index (κ2) is 8.65. The fourth-order valence-corrected chi connectivity index (χ4v) is 3.84. The van der Waals surface area contributed by atoms with Gasteiger partial charge in [0.15, 0.2) is 5.13 Å². The van der Waals surface area contributed by atoms with Crippen molar-refractivity contribution >= 4 is 45.4 Å². The summed E-state index contributed by atoms with van der Waals surface area (Å²) in [7, 11) is 1.53. The monoisotopic (exact) mass is 402 g/mol. The summed E-state index contributed by atoms with van der Waals surface area (Å²) in [6.45, 7) is 2.20. The third-order valence-electron chi connectivity index (χ3n) is 3.58. The molecule has 7 nitrogen and oxygen atoms in total. The first kappa shape index (κ1) is 18.9. The number of ether oxygens (including phenoxy) is 1. The summed E-state index contributed by atoms with van der Waals surface area (Å²) in [4.78, 5) is 30.4. The summed E-state index contributed by atoms with van der Waals surface area (Å²) in [6, 6.07) is 10.5. The van der Waals surface area contributed by atoms with Crippen LogP contribution >= 0.6 is 22.7 Å². The number of carbonyl (C=O) groups excluding carboxylic acids is 2. The van der Waals surface area contributed by atoms with E-state index in [-0.39, 0.29) is 5.91 Å². The Morgan fingerprint density at radius 1 is 1.15 bits per heavy atom. The number of thiazole rings is 1. The quantitative estimate of drug-likeness (QED) is 0.579. The zero-order chi connectivity index (χ0) is 19.2. The van der Waals surface area contributed by atoms with Crippen LogP contribution in [0.25, 0.3) is 0 Å². The van der Waals surface area contributed by atoms with Gasteiger partial charge in [0.2, 0.25) is 0 Å². The van der Waals surface area contributed by atoms with Gasteiger partial charge in [-0.2, -0.15) is 0 Å². The minimum atomic E-state index is -0.459. The van der Waals surface area contributed by atoms with Gasteiger partial charge in [-0.1, -0.05) is 29.5 Å². The van der Waals surface area contributed by atoms with Gasteiger partial charge < -0.3 is 15.4 Å². The van der Waals surface area contributed by atoms with Gasteiger partial charge in [-0.3, -0.25) is 10.1 Å². The Bertz CT molecular complexity index is 938. The van der Waals surface area contributed by atoms with Gasteiger partial charge in [0, 0.05) is 4.88 Å². The van der Waals surface area contributed by atoms with E-state index < -0.39 is 6.03 Å². The normalized spacial score (nSPS) is 10.3. The van der Waals surface area contributed by atoms with E-state index in [0.29, 0.717) is 33.7 Å². The Balaban J connectivity index is 1.61. The summed E-state index contributed by atoms with van der Waals surface area (Å²) >= 11 is 2.71. The topological polar surface area (TPSA) is 92.3 Å². The van der Waals surface area contributed by atoms with E-state index in [1.54, 1.807) is 36.5 Å².